The van der Waals surface area contributed by atoms with Crippen molar-refractivity contribution >= 4 is 12.1 Å². The number of benzene rings is 2. The first-order valence-corrected chi connectivity index (χ1v) is 9.67. The summed E-state index contributed by atoms with van der Waals surface area (Å²) in [4.78, 5) is 25.8. The molecule has 6 nitrogen and oxygen atoms in total. The molecule has 0 N–H and O–H groups in total. The van der Waals surface area contributed by atoms with Gasteiger partial charge in [-0.05, 0) is 36.1 Å². The van der Waals surface area contributed by atoms with Crippen LogP contribution in [-0.4, -0.2) is 43.1 Å². The van der Waals surface area contributed by atoms with Crippen LogP contribution in [-0.2, 0) is 20.8 Å². The van der Waals surface area contributed by atoms with E-state index in [-0.39, 0.29) is 26.0 Å². The molecule has 2 aromatic rings. The topological polar surface area (TPSA) is 65.1 Å². The van der Waals surface area contributed by atoms with Gasteiger partial charge in [0.05, 0.1) is 24.8 Å². The second-order valence-electron chi connectivity index (χ2n) is 7.07. The maximum absolute atomic E-state index is 12.7. The molecule has 1 saturated heterocycles. The number of carbonyl (C=O) groups is 2. The fraction of sp³-hybridized carbons (Fsp3) is 0.364. The number of hydrogen-bond acceptors (Lipinski definition) is 5. The third-order valence-corrected chi connectivity index (χ3v) is 5.01. The monoisotopic (exact) mass is 437 g/mol. The van der Waals surface area contributed by atoms with Gasteiger partial charge < -0.3 is 14.4 Å². The predicted molar refractivity (Wildman–Crippen MR) is 104 cm³/mol. The molecule has 0 aromatic heterocycles. The van der Waals surface area contributed by atoms with Crippen molar-refractivity contribution in [3.63, 3.8) is 0 Å². The SMILES string of the molecule is COC(=O)c1ccc([C@@H]2C[C@@H](OC(F)(F)F)CCN2C(=O)OCc2ccccc2)cc1. The van der Waals surface area contributed by atoms with Gasteiger partial charge in [-0.3, -0.25) is 4.74 Å². The summed E-state index contributed by atoms with van der Waals surface area (Å²) in [6, 6.07) is 14.6. The lowest BCUT2D eigenvalue weighted by atomic mass is 9.93. The maximum Gasteiger partial charge on any atom is 0.522 e. The number of carbonyl (C=O) groups excluding carboxylic acids is 2. The number of piperidine rings is 1. The van der Waals surface area contributed by atoms with E-state index in [1.54, 1.807) is 24.3 Å². The van der Waals surface area contributed by atoms with Gasteiger partial charge >= 0.3 is 18.4 Å². The number of halogens is 3. The van der Waals surface area contributed by atoms with Crippen molar-refractivity contribution in [2.24, 2.45) is 0 Å². The molecule has 0 saturated carbocycles. The molecule has 1 aliphatic rings. The van der Waals surface area contributed by atoms with Crippen molar-refractivity contribution in [3.05, 3.63) is 71.3 Å². The summed E-state index contributed by atoms with van der Waals surface area (Å²) in [7, 11) is 1.25. The molecule has 0 radical (unpaired) electrons. The molecule has 1 heterocycles. The van der Waals surface area contributed by atoms with Gasteiger partial charge in [-0.1, -0.05) is 42.5 Å². The standard InChI is InChI=1S/C22H22F3NO5/c1-29-20(27)17-9-7-16(8-10-17)19-13-18(31-22(23,24)25)11-12-26(19)21(28)30-14-15-5-3-2-4-6-15/h2-10,18-19H,11-14H2,1H3/t18-,19-/m0/s1. The van der Waals surface area contributed by atoms with Gasteiger partial charge in [-0.15, -0.1) is 13.2 Å². The number of nitrogens with zero attached hydrogens (tertiary/aromatic N) is 1. The number of ether oxygens (including phenoxy) is 3. The fourth-order valence-electron chi connectivity index (χ4n) is 3.53. The molecule has 3 rings (SSSR count). The molecular weight excluding hydrogens is 415 g/mol. The highest BCUT2D eigenvalue weighted by atomic mass is 19.4. The predicted octanol–water partition coefficient (Wildman–Crippen LogP) is 4.85. The quantitative estimate of drug-likeness (QED) is 0.626. The van der Waals surface area contributed by atoms with E-state index < -0.39 is 30.6 Å². The highest BCUT2D eigenvalue weighted by Crippen LogP contribution is 2.35. The maximum atomic E-state index is 12.7. The van der Waals surface area contributed by atoms with E-state index in [0.717, 1.165) is 5.56 Å². The van der Waals surface area contributed by atoms with Crippen LogP contribution in [0, 0.1) is 0 Å². The van der Waals surface area contributed by atoms with Gasteiger partial charge in [0, 0.05) is 6.54 Å². The molecule has 31 heavy (non-hydrogen) atoms. The van der Waals surface area contributed by atoms with Crippen LogP contribution < -0.4 is 0 Å². The van der Waals surface area contributed by atoms with Crippen LogP contribution in [0.15, 0.2) is 54.6 Å². The number of esters is 1. The first-order chi connectivity index (χ1) is 14.8. The average Bonchev–Trinajstić information content (AvgIpc) is 2.76. The van der Waals surface area contributed by atoms with Crippen molar-refractivity contribution < 1.29 is 37.0 Å². The Balaban J connectivity index is 1.77. The molecule has 1 amide bonds. The Labute approximate surface area is 177 Å². The Morgan fingerprint density at radius 2 is 1.74 bits per heavy atom. The fourth-order valence-corrected chi connectivity index (χ4v) is 3.53. The Hall–Kier alpha value is -3.07. The Morgan fingerprint density at radius 3 is 2.35 bits per heavy atom. The Kier molecular flexibility index (Phi) is 7.17. The molecule has 9 heteroatoms. The zero-order valence-electron chi connectivity index (χ0n) is 16.8. The molecule has 0 bridgehead atoms. The van der Waals surface area contributed by atoms with E-state index >= 15 is 0 Å². The number of rotatable bonds is 5. The van der Waals surface area contributed by atoms with Crippen molar-refractivity contribution in [2.45, 2.75) is 38.0 Å². The summed E-state index contributed by atoms with van der Waals surface area (Å²) in [6.45, 7) is 0.0877. The zero-order valence-corrected chi connectivity index (χ0v) is 16.8. The van der Waals surface area contributed by atoms with Gasteiger partial charge in [0.1, 0.15) is 6.61 Å². The van der Waals surface area contributed by atoms with Crippen LogP contribution in [0.4, 0.5) is 18.0 Å². The number of hydrogen-bond donors (Lipinski definition) is 0. The Bertz CT molecular complexity index is 886. The van der Waals surface area contributed by atoms with Crippen LogP contribution in [0.25, 0.3) is 0 Å². The third-order valence-electron chi connectivity index (χ3n) is 5.01. The van der Waals surface area contributed by atoms with E-state index in [4.69, 9.17) is 4.74 Å². The lowest BCUT2D eigenvalue weighted by molar-refractivity contribution is -0.346. The molecule has 166 valence electrons. The molecule has 0 unspecified atom stereocenters. The molecule has 0 spiro atoms. The van der Waals surface area contributed by atoms with E-state index in [2.05, 4.69) is 9.47 Å². The number of likely N-dealkylation sites (tertiary alicyclic amines) is 1. The summed E-state index contributed by atoms with van der Waals surface area (Å²) in [6.07, 6.45) is -6.52. The van der Waals surface area contributed by atoms with Crippen molar-refractivity contribution in [2.75, 3.05) is 13.7 Å². The largest absolute Gasteiger partial charge is 0.522 e. The van der Waals surface area contributed by atoms with Gasteiger partial charge in [-0.25, -0.2) is 9.59 Å². The highest BCUT2D eigenvalue weighted by Gasteiger charge is 2.40. The van der Waals surface area contributed by atoms with Crippen molar-refractivity contribution in [1.82, 2.24) is 4.90 Å². The number of methoxy groups -OCH3 is 1. The van der Waals surface area contributed by atoms with Crippen LogP contribution in [0.5, 0.6) is 0 Å². The lowest BCUT2D eigenvalue weighted by Gasteiger charge is -2.39. The van der Waals surface area contributed by atoms with Gasteiger partial charge in [0.15, 0.2) is 0 Å². The Morgan fingerprint density at radius 1 is 1.06 bits per heavy atom. The van der Waals surface area contributed by atoms with Crippen molar-refractivity contribution in [1.29, 1.82) is 0 Å². The third kappa shape index (κ3) is 6.21. The van der Waals surface area contributed by atoms with E-state index in [1.165, 1.54) is 24.1 Å². The smallest absolute Gasteiger partial charge is 0.465 e. The van der Waals surface area contributed by atoms with Crippen LogP contribution in [0.1, 0.15) is 40.4 Å². The highest BCUT2D eigenvalue weighted by molar-refractivity contribution is 5.89. The molecule has 1 fully saturated rings. The summed E-state index contributed by atoms with van der Waals surface area (Å²) in [5.74, 6) is -0.535. The number of amides is 1. The van der Waals surface area contributed by atoms with Gasteiger partial charge in [0.25, 0.3) is 0 Å². The molecule has 2 aromatic carbocycles. The number of alkyl halides is 3. The zero-order chi connectivity index (χ0) is 22.4. The normalized spacial score (nSPS) is 19.0. The second kappa shape index (κ2) is 9.82. The minimum Gasteiger partial charge on any atom is -0.465 e. The summed E-state index contributed by atoms with van der Waals surface area (Å²) in [5.41, 5.74) is 1.66. The summed E-state index contributed by atoms with van der Waals surface area (Å²) >= 11 is 0. The van der Waals surface area contributed by atoms with E-state index in [1.807, 2.05) is 18.2 Å². The van der Waals surface area contributed by atoms with Crippen LogP contribution >= 0.6 is 0 Å². The first kappa shape index (κ1) is 22.6. The summed E-state index contributed by atoms with van der Waals surface area (Å²) < 4.78 is 52.5. The van der Waals surface area contributed by atoms with Crippen LogP contribution in [0.2, 0.25) is 0 Å². The molecule has 2 atom stereocenters. The molecule has 0 aliphatic carbocycles. The van der Waals surface area contributed by atoms with Gasteiger partial charge in [0.2, 0.25) is 0 Å². The van der Waals surface area contributed by atoms with E-state index in [9.17, 15) is 22.8 Å². The van der Waals surface area contributed by atoms with Crippen LogP contribution in [0.3, 0.4) is 0 Å². The lowest BCUT2D eigenvalue weighted by Crippen LogP contribution is -2.44. The minimum atomic E-state index is -4.76. The summed E-state index contributed by atoms with van der Waals surface area (Å²) in [5, 5.41) is 0. The average molecular weight is 437 g/mol. The van der Waals surface area contributed by atoms with Gasteiger partial charge in [-0.2, -0.15) is 0 Å². The van der Waals surface area contributed by atoms with E-state index in [0.29, 0.717) is 11.1 Å². The minimum absolute atomic E-state index is 0.0245. The first-order valence-electron chi connectivity index (χ1n) is 9.67. The second-order valence-corrected chi connectivity index (χ2v) is 7.07. The molecular formula is C22H22F3NO5. The van der Waals surface area contributed by atoms with Crippen molar-refractivity contribution in [3.8, 4) is 0 Å². The molecule has 1 aliphatic heterocycles.